The number of rotatable bonds is 7. The molecule has 5 nitrogen and oxygen atoms in total. The molecule has 3 aliphatic rings. The maximum Gasteiger partial charge on any atom is 0.296 e. The van der Waals surface area contributed by atoms with Crippen molar-refractivity contribution in [1.29, 1.82) is 0 Å². The summed E-state index contributed by atoms with van der Waals surface area (Å²) >= 11 is 0. The van der Waals surface area contributed by atoms with Gasteiger partial charge in [0.25, 0.3) is 10.1 Å². The van der Waals surface area contributed by atoms with E-state index in [0.717, 1.165) is 43.5 Å². The third-order valence-corrected chi connectivity index (χ3v) is 7.65. The van der Waals surface area contributed by atoms with E-state index in [1.807, 2.05) is 6.92 Å². The average molecular weight is 416 g/mol. The highest BCUT2D eigenvalue weighted by molar-refractivity contribution is 7.86. The molecule has 1 N–H and O–H groups in total. The number of ether oxygens (including phenoxy) is 1. The normalized spacial score (nSPS) is 26.4. The van der Waals surface area contributed by atoms with Gasteiger partial charge in [-0.2, -0.15) is 8.42 Å². The third-order valence-electron chi connectivity index (χ3n) is 6.37. The number of hydrogen-bond donors (Lipinski definition) is 1. The Kier molecular flexibility index (Phi) is 5.44. The fourth-order valence-electron chi connectivity index (χ4n) is 4.24. The number of benzene rings is 2. The van der Waals surface area contributed by atoms with Gasteiger partial charge < -0.3 is 10.1 Å². The Balaban J connectivity index is 1.34. The molecule has 156 valence electrons. The van der Waals surface area contributed by atoms with E-state index < -0.39 is 10.1 Å². The SMILES string of the molecule is Cc1ccc(S(=O)(=O)OCC23CCC(CNc4cccc(C)c4)(CC2)OC3)cc1. The van der Waals surface area contributed by atoms with Crippen LogP contribution in [0.25, 0.3) is 0 Å². The van der Waals surface area contributed by atoms with Gasteiger partial charge in [-0.05, 0) is 69.4 Å². The second kappa shape index (κ2) is 7.74. The van der Waals surface area contributed by atoms with E-state index in [1.54, 1.807) is 24.3 Å². The molecule has 0 spiro atoms. The minimum atomic E-state index is -3.74. The molecule has 2 heterocycles. The summed E-state index contributed by atoms with van der Waals surface area (Å²) in [5, 5.41) is 3.51. The van der Waals surface area contributed by atoms with Crippen LogP contribution >= 0.6 is 0 Å². The van der Waals surface area contributed by atoms with Crippen molar-refractivity contribution in [2.45, 2.75) is 50.0 Å². The van der Waals surface area contributed by atoms with Crippen molar-refractivity contribution in [3.63, 3.8) is 0 Å². The summed E-state index contributed by atoms with van der Waals surface area (Å²) in [6, 6.07) is 15.1. The molecule has 0 unspecified atom stereocenters. The Morgan fingerprint density at radius 1 is 1.00 bits per heavy atom. The molecule has 2 bridgehead atoms. The Labute approximate surface area is 173 Å². The number of hydrogen-bond acceptors (Lipinski definition) is 5. The van der Waals surface area contributed by atoms with Gasteiger partial charge in [-0.3, -0.25) is 4.18 Å². The summed E-state index contributed by atoms with van der Waals surface area (Å²) in [5.74, 6) is 0. The summed E-state index contributed by atoms with van der Waals surface area (Å²) in [4.78, 5) is 0.212. The number of fused-ring (bicyclic) bond motifs is 3. The lowest BCUT2D eigenvalue weighted by molar-refractivity contribution is -0.184. The van der Waals surface area contributed by atoms with Crippen molar-refractivity contribution in [3.05, 3.63) is 59.7 Å². The molecule has 5 rings (SSSR count). The van der Waals surface area contributed by atoms with Crippen molar-refractivity contribution in [1.82, 2.24) is 0 Å². The monoisotopic (exact) mass is 415 g/mol. The predicted octanol–water partition coefficient (Wildman–Crippen LogP) is 4.45. The molecule has 3 fully saturated rings. The molecule has 0 aromatic heterocycles. The number of aryl methyl sites for hydroxylation is 2. The highest BCUT2D eigenvalue weighted by atomic mass is 32.2. The summed E-state index contributed by atoms with van der Waals surface area (Å²) in [5.41, 5.74) is 2.99. The van der Waals surface area contributed by atoms with Crippen LogP contribution in [0.3, 0.4) is 0 Å². The van der Waals surface area contributed by atoms with Crippen LogP contribution in [-0.2, 0) is 19.0 Å². The van der Waals surface area contributed by atoms with Gasteiger partial charge in [0.15, 0.2) is 0 Å². The highest BCUT2D eigenvalue weighted by Crippen LogP contribution is 2.49. The largest absolute Gasteiger partial charge is 0.382 e. The molecule has 1 aliphatic carbocycles. The molecule has 1 saturated carbocycles. The Hall–Kier alpha value is -1.89. The van der Waals surface area contributed by atoms with Gasteiger partial charge in [0.05, 0.1) is 23.7 Å². The van der Waals surface area contributed by atoms with Crippen LogP contribution in [0.15, 0.2) is 53.4 Å². The van der Waals surface area contributed by atoms with Crippen LogP contribution in [0.5, 0.6) is 0 Å². The van der Waals surface area contributed by atoms with Crippen LogP contribution < -0.4 is 5.32 Å². The summed E-state index contributed by atoms with van der Waals surface area (Å²) in [6.45, 7) is 5.52. The van der Waals surface area contributed by atoms with Crippen LogP contribution in [0.4, 0.5) is 5.69 Å². The van der Waals surface area contributed by atoms with E-state index in [9.17, 15) is 8.42 Å². The van der Waals surface area contributed by atoms with E-state index in [1.165, 1.54) is 5.56 Å². The van der Waals surface area contributed by atoms with Gasteiger partial charge in [-0.25, -0.2) is 0 Å². The second-order valence-corrected chi connectivity index (χ2v) is 10.3. The maximum atomic E-state index is 12.5. The summed E-state index contributed by atoms with van der Waals surface area (Å²) in [7, 11) is -3.74. The molecular weight excluding hydrogens is 386 g/mol. The number of nitrogens with one attached hydrogen (secondary N) is 1. The molecule has 2 aromatic rings. The van der Waals surface area contributed by atoms with E-state index in [0.29, 0.717) is 6.61 Å². The maximum absolute atomic E-state index is 12.5. The van der Waals surface area contributed by atoms with E-state index in [2.05, 4.69) is 36.5 Å². The minimum Gasteiger partial charge on any atom is -0.382 e. The number of anilines is 1. The Bertz CT molecular complexity index is 944. The first-order valence-electron chi connectivity index (χ1n) is 10.2. The fraction of sp³-hybridized carbons (Fsp3) is 0.478. The molecule has 2 aromatic carbocycles. The minimum absolute atomic E-state index is 0.165. The lowest BCUT2D eigenvalue weighted by Crippen LogP contribution is -2.55. The highest BCUT2D eigenvalue weighted by Gasteiger charge is 2.50. The molecule has 0 amide bonds. The first kappa shape index (κ1) is 20.4. The summed E-state index contributed by atoms with van der Waals surface area (Å²) in [6.07, 6.45) is 3.68. The van der Waals surface area contributed by atoms with Gasteiger partial charge in [-0.15, -0.1) is 0 Å². The second-order valence-electron chi connectivity index (χ2n) is 8.72. The van der Waals surface area contributed by atoms with Gasteiger partial charge in [0.2, 0.25) is 0 Å². The Morgan fingerprint density at radius 2 is 1.72 bits per heavy atom. The zero-order valence-corrected chi connectivity index (χ0v) is 17.9. The van der Waals surface area contributed by atoms with E-state index in [4.69, 9.17) is 8.92 Å². The molecule has 29 heavy (non-hydrogen) atoms. The molecule has 0 radical (unpaired) electrons. The van der Waals surface area contributed by atoms with Crippen LogP contribution in [0.1, 0.15) is 36.8 Å². The lowest BCUT2D eigenvalue weighted by atomic mass is 9.66. The standard InChI is InChI=1S/C23H29NO4S/c1-18-6-8-21(9-7-18)29(25,26)28-17-22-10-12-23(13-11-22,27-16-22)15-24-20-5-3-4-19(2)14-20/h3-9,14,24H,10-13,15-17H2,1-2H3. The molecule has 2 aliphatic heterocycles. The quantitative estimate of drug-likeness (QED) is 0.677. The van der Waals surface area contributed by atoms with Crippen LogP contribution in [-0.4, -0.2) is 33.8 Å². The van der Waals surface area contributed by atoms with Gasteiger partial charge in [0.1, 0.15) is 0 Å². The van der Waals surface area contributed by atoms with Crippen molar-refractivity contribution in [3.8, 4) is 0 Å². The zero-order valence-electron chi connectivity index (χ0n) is 17.1. The van der Waals surface area contributed by atoms with E-state index >= 15 is 0 Å². The zero-order chi connectivity index (χ0) is 20.5. The lowest BCUT2D eigenvalue weighted by Gasteiger charge is -2.53. The van der Waals surface area contributed by atoms with Crippen molar-refractivity contribution < 1.29 is 17.3 Å². The van der Waals surface area contributed by atoms with Gasteiger partial charge in [-0.1, -0.05) is 29.8 Å². The van der Waals surface area contributed by atoms with Crippen molar-refractivity contribution in [2.24, 2.45) is 5.41 Å². The average Bonchev–Trinajstić information content (AvgIpc) is 2.73. The van der Waals surface area contributed by atoms with Crippen molar-refractivity contribution in [2.75, 3.05) is 25.1 Å². The molecule has 6 heteroatoms. The third kappa shape index (κ3) is 4.49. The van der Waals surface area contributed by atoms with Crippen LogP contribution in [0, 0.1) is 19.3 Å². The molecule has 2 saturated heterocycles. The molecular formula is C23H29NO4S. The smallest absolute Gasteiger partial charge is 0.296 e. The van der Waals surface area contributed by atoms with Crippen LogP contribution in [0.2, 0.25) is 0 Å². The van der Waals surface area contributed by atoms with Crippen molar-refractivity contribution >= 4 is 15.8 Å². The predicted molar refractivity (Wildman–Crippen MR) is 114 cm³/mol. The summed E-state index contributed by atoms with van der Waals surface area (Å²) < 4.78 is 36.8. The molecule has 0 atom stereocenters. The Morgan fingerprint density at radius 3 is 2.34 bits per heavy atom. The topological polar surface area (TPSA) is 64.6 Å². The fourth-order valence-corrected chi connectivity index (χ4v) is 5.25. The van der Waals surface area contributed by atoms with Gasteiger partial charge in [0, 0.05) is 17.6 Å². The van der Waals surface area contributed by atoms with E-state index in [-0.39, 0.29) is 22.5 Å². The van der Waals surface area contributed by atoms with Gasteiger partial charge >= 0.3 is 0 Å². The first-order chi connectivity index (χ1) is 13.8. The first-order valence-corrected chi connectivity index (χ1v) is 11.6.